The van der Waals surface area contributed by atoms with Crippen LogP contribution in [-0.4, -0.2) is 41.1 Å². The molecule has 1 amide bonds. The van der Waals surface area contributed by atoms with Crippen molar-refractivity contribution >= 4 is 17.5 Å². The van der Waals surface area contributed by atoms with Gasteiger partial charge in [0.1, 0.15) is 23.6 Å². The number of nitrogens with zero attached hydrogens (tertiary/aromatic N) is 4. The maximum absolute atomic E-state index is 12.6. The molecule has 3 heterocycles. The van der Waals surface area contributed by atoms with Crippen molar-refractivity contribution in [3.8, 4) is 0 Å². The molecule has 0 bridgehead atoms. The Hall–Kier alpha value is -2.41. The third-order valence-electron chi connectivity index (χ3n) is 3.99. The van der Waals surface area contributed by atoms with Gasteiger partial charge in [-0.1, -0.05) is 6.07 Å². The summed E-state index contributed by atoms with van der Waals surface area (Å²) in [5.74, 6) is 1.77. The molecule has 1 aliphatic rings. The smallest absolute Gasteiger partial charge is 0.231 e. The topological polar surface area (TPSA) is 72.3 Å². The van der Waals surface area contributed by atoms with Gasteiger partial charge in [-0.05, 0) is 18.6 Å². The zero-order valence-electron chi connectivity index (χ0n) is 13.6. The van der Waals surface area contributed by atoms with Crippen LogP contribution in [0.4, 0.5) is 11.6 Å². The molecule has 122 valence electrons. The third-order valence-corrected chi connectivity index (χ3v) is 3.99. The van der Waals surface area contributed by atoms with Gasteiger partial charge in [0.05, 0.1) is 5.92 Å². The normalized spacial score (nSPS) is 20.5. The number of imidazole rings is 1. The lowest BCUT2D eigenvalue weighted by Crippen LogP contribution is -2.27. The largest absolute Gasteiger partial charge is 0.369 e. The highest BCUT2D eigenvalue weighted by Crippen LogP contribution is 2.34. The van der Waals surface area contributed by atoms with Crippen molar-refractivity contribution in [2.75, 3.05) is 30.9 Å². The van der Waals surface area contributed by atoms with E-state index in [0.29, 0.717) is 18.8 Å². The summed E-state index contributed by atoms with van der Waals surface area (Å²) in [5.41, 5.74) is 0. The highest BCUT2D eigenvalue weighted by molar-refractivity contribution is 5.92. The Morgan fingerprint density at radius 3 is 2.96 bits per heavy atom. The molecule has 2 atom stereocenters. The van der Waals surface area contributed by atoms with Gasteiger partial charge in [-0.25, -0.2) is 9.97 Å². The lowest BCUT2D eigenvalue weighted by Gasteiger charge is -2.18. The van der Waals surface area contributed by atoms with Gasteiger partial charge in [-0.3, -0.25) is 4.79 Å². The molecule has 23 heavy (non-hydrogen) atoms. The first kappa shape index (κ1) is 15.5. The molecule has 0 unspecified atom stereocenters. The summed E-state index contributed by atoms with van der Waals surface area (Å²) in [4.78, 5) is 23.3. The number of ether oxygens (including phenoxy) is 1. The summed E-state index contributed by atoms with van der Waals surface area (Å²) in [7, 11) is 5.73. The van der Waals surface area contributed by atoms with Crippen LogP contribution in [0.25, 0.3) is 0 Å². The summed E-state index contributed by atoms with van der Waals surface area (Å²) in [6.07, 6.45) is 3.94. The van der Waals surface area contributed by atoms with Crippen molar-refractivity contribution in [2.45, 2.75) is 12.5 Å². The highest BCUT2D eigenvalue weighted by atomic mass is 16.5. The van der Waals surface area contributed by atoms with Crippen molar-refractivity contribution in [1.29, 1.82) is 0 Å². The lowest BCUT2D eigenvalue weighted by atomic mass is 10.00. The fraction of sp³-hybridized carbons (Fsp3) is 0.438. The molecular weight excluding hydrogens is 294 g/mol. The number of pyridine rings is 1. The molecule has 3 rings (SSSR count). The van der Waals surface area contributed by atoms with E-state index < -0.39 is 0 Å². The van der Waals surface area contributed by atoms with Crippen LogP contribution < -0.4 is 10.2 Å². The van der Waals surface area contributed by atoms with Gasteiger partial charge in [0, 0.05) is 40.1 Å². The highest BCUT2D eigenvalue weighted by Gasteiger charge is 2.37. The predicted molar refractivity (Wildman–Crippen MR) is 87.2 cm³/mol. The van der Waals surface area contributed by atoms with Crippen LogP contribution in [0, 0.1) is 5.92 Å². The van der Waals surface area contributed by atoms with E-state index >= 15 is 0 Å². The molecule has 1 fully saturated rings. The number of nitrogens with one attached hydrogen (secondary N) is 1. The molecule has 0 spiro atoms. The predicted octanol–water partition coefficient (Wildman–Crippen LogP) is 1.60. The maximum atomic E-state index is 12.6. The van der Waals surface area contributed by atoms with Crippen LogP contribution in [0.15, 0.2) is 30.6 Å². The van der Waals surface area contributed by atoms with Crippen LogP contribution in [0.5, 0.6) is 0 Å². The van der Waals surface area contributed by atoms with Crippen molar-refractivity contribution in [3.05, 3.63) is 36.4 Å². The monoisotopic (exact) mass is 315 g/mol. The molecule has 0 aliphatic carbocycles. The summed E-state index contributed by atoms with van der Waals surface area (Å²) in [6.45, 7) is 0.556. The van der Waals surface area contributed by atoms with E-state index in [4.69, 9.17) is 4.74 Å². The Bertz CT molecular complexity index is 697. The second-order valence-electron chi connectivity index (χ2n) is 5.85. The van der Waals surface area contributed by atoms with E-state index in [2.05, 4.69) is 15.3 Å². The molecule has 2 aromatic heterocycles. The maximum Gasteiger partial charge on any atom is 0.231 e. The molecule has 0 aromatic carbocycles. The Balaban J connectivity index is 1.75. The first-order valence-electron chi connectivity index (χ1n) is 7.60. The van der Waals surface area contributed by atoms with Crippen LogP contribution in [0.2, 0.25) is 0 Å². The average molecular weight is 315 g/mol. The zero-order valence-corrected chi connectivity index (χ0v) is 13.6. The van der Waals surface area contributed by atoms with Crippen molar-refractivity contribution in [2.24, 2.45) is 13.0 Å². The van der Waals surface area contributed by atoms with Gasteiger partial charge in [0.15, 0.2) is 0 Å². The van der Waals surface area contributed by atoms with Crippen molar-refractivity contribution in [1.82, 2.24) is 14.5 Å². The fourth-order valence-corrected chi connectivity index (χ4v) is 2.72. The van der Waals surface area contributed by atoms with Crippen LogP contribution >= 0.6 is 0 Å². The standard InChI is InChI=1S/C16H21N5O2/c1-20(2)13-6-4-5-12(18-13)19-16(22)11-7-10-23-14(11)15-17-8-9-21(15)3/h4-6,8-9,11,14H,7,10H2,1-3H3,(H,18,19,22)/t11-,14-/m1/s1. The average Bonchev–Trinajstić information content (AvgIpc) is 3.15. The minimum atomic E-state index is -0.313. The Labute approximate surface area is 135 Å². The minimum Gasteiger partial charge on any atom is -0.369 e. The van der Waals surface area contributed by atoms with E-state index in [1.807, 2.05) is 48.9 Å². The molecule has 1 N–H and O–H groups in total. The van der Waals surface area contributed by atoms with Crippen LogP contribution in [0.1, 0.15) is 18.3 Å². The second kappa shape index (κ2) is 6.37. The summed E-state index contributed by atoms with van der Waals surface area (Å²) in [5, 5.41) is 2.90. The number of anilines is 2. The first-order chi connectivity index (χ1) is 11.1. The van der Waals surface area contributed by atoms with Gasteiger partial charge in [-0.15, -0.1) is 0 Å². The van der Waals surface area contributed by atoms with Crippen molar-refractivity contribution < 1.29 is 9.53 Å². The molecule has 2 aromatic rings. The Kier molecular flexibility index (Phi) is 4.29. The number of amides is 1. The fourth-order valence-electron chi connectivity index (χ4n) is 2.72. The number of hydrogen-bond acceptors (Lipinski definition) is 5. The van der Waals surface area contributed by atoms with E-state index in [0.717, 1.165) is 11.6 Å². The summed E-state index contributed by atoms with van der Waals surface area (Å²) >= 11 is 0. The summed E-state index contributed by atoms with van der Waals surface area (Å²) in [6, 6.07) is 5.56. The summed E-state index contributed by atoms with van der Waals surface area (Å²) < 4.78 is 7.63. The number of aromatic nitrogens is 3. The number of carbonyl (C=O) groups is 1. The molecule has 0 saturated carbocycles. The van der Waals surface area contributed by atoms with Crippen molar-refractivity contribution in [3.63, 3.8) is 0 Å². The minimum absolute atomic E-state index is 0.0843. The van der Waals surface area contributed by atoms with Gasteiger partial charge in [0.25, 0.3) is 0 Å². The number of rotatable bonds is 4. The quantitative estimate of drug-likeness (QED) is 0.928. The van der Waals surface area contributed by atoms with Gasteiger partial charge < -0.3 is 19.5 Å². The first-order valence-corrected chi connectivity index (χ1v) is 7.60. The van der Waals surface area contributed by atoms with Crippen LogP contribution in [0.3, 0.4) is 0 Å². The molecule has 0 radical (unpaired) electrons. The number of hydrogen-bond donors (Lipinski definition) is 1. The van der Waals surface area contributed by atoms with E-state index in [9.17, 15) is 4.79 Å². The molecular formula is C16H21N5O2. The second-order valence-corrected chi connectivity index (χ2v) is 5.85. The molecule has 1 aliphatic heterocycles. The molecule has 7 nitrogen and oxygen atoms in total. The van der Waals surface area contributed by atoms with Gasteiger partial charge >= 0.3 is 0 Å². The zero-order chi connectivity index (χ0) is 16.4. The third kappa shape index (κ3) is 3.19. The van der Waals surface area contributed by atoms with Crippen LogP contribution in [-0.2, 0) is 16.6 Å². The van der Waals surface area contributed by atoms with Gasteiger partial charge in [-0.2, -0.15) is 0 Å². The number of carbonyl (C=O) groups excluding carboxylic acids is 1. The molecule has 7 heteroatoms. The van der Waals surface area contributed by atoms with E-state index in [-0.39, 0.29) is 17.9 Å². The molecule has 1 saturated heterocycles. The number of aryl methyl sites for hydroxylation is 1. The van der Waals surface area contributed by atoms with E-state index in [1.54, 1.807) is 12.3 Å². The SMILES string of the molecule is CN(C)c1cccc(NC(=O)[C@@H]2CCO[C@H]2c2nccn2C)n1. The van der Waals surface area contributed by atoms with E-state index in [1.165, 1.54) is 0 Å². The Morgan fingerprint density at radius 1 is 1.43 bits per heavy atom. The Morgan fingerprint density at radius 2 is 2.26 bits per heavy atom. The lowest BCUT2D eigenvalue weighted by molar-refractivity contribution is -0.121. The van der Waals surface area contributed by atoms with Gasteiger partial charge in [0.2, 0.25) is 5.91 Å².